The van der Waals surface area contributed by atoms with Crippen LogP contribution in [0, 0.1) is 0 Å². The van der Waals surface area contributed by atoms with Crippen LogP contribution in [0.3, 0.4) is 0 Å². The summed E-state index contributed by atoms with van der Waals surface area (Å²) in [4.78, 5) is 23.5. The lowest BCUT2D eigenvalue weighted by Crippen LogP contribution is -2.12. The van der Waals surface area contributed by atoms with Gasteiger partial charge in [-0.25, -0.2) is 4.79 Å². The molecular formula is C17H15ClO4. The van der Waals surface area contributed by atoms with Crippen molar-refractivity contribution in [2.45, 2.75) is 13.3 Å². The molecule has 2 rings (SSSR count). The minimum absolute atomic E-state index is 0.126. The van der Waals surface area contributed by atoms with E-state index in [0.29, 0.717) is 22.9 Å². The van der Waals surface area contributed by atoms with Gasteiger partial charge >= 0.3 is 11.9 Å². The van der Waals surface area contributed by atoms with Crippen LogP contribution in [0.25, 0.3) is 0 Å². The Kier molecular flexibility index (Phi) is 5.55. The van der Waals surface area contributed by atoms with Crippen LogP contribution in [-0.2, 0) is 16.0 Å². The summed E-state index contributed by atoms with van der Waals surface area (Å²) in [7, 11) is 0. The molecule has 114 valence electrons. The second-order valence-electron chi connectivity index (χ2n) is 4.53. The highest BCUT2D eigenvalue weighted by Gasteiger charge is 2.10. The van der Waals surface area contributed by atoms with Gasteiger partial charge in [0.25, 0.3) is 0 Å². The molecule has 0 aliphatic heterocycles. The second kappa shape index (κ2) is 7.61. The lowest BCUT2D eigenvalue weighted by Gasteiger charge is -2.06. The molecule has 0 N–H and O–H groups in total. The average molecular weight is 319 g/mol. The molecule has 0 amide bonds. The van der Waals surface area contributed by atoms with Crippen molar-refractivity contribution < 1.29 is 19.1 Å². The highest BCUT2D eigenvalue weighted by Crippen LogP contribution is 2.16. The first-order valence-corrected chi connectivity index (χ1v) is 7.18. The number of hydrogen-bond donors (Lipinski definition) is 0. The SMILES string of the molecule is CCOC(=O)c1cccc(OC(=O)Cc2ccc(Cl)cc2)c1. The number of hydrogen-bond acceptors (Lipinski definition) is 4. The Hall–Kier alpha value is -2.33. The van der Waals surface area contributed by atoms with Gasteiger partial charge in [-0.3, -0.25) is 4.79 Å². The van der Waals surface area contributed by atoms with E-state index in [1.807, 2.05) is 0 Å². The molecule has 4 nitrogen and oxygen atoms in total. The van der Waals surface area contributed by atoms with Crippen LogP contribution in [0.4, 0.5) is 0 Å². The zero-order chi connectivity index (χ0) is 15.9. The Balaban J connectivity index is 2.00. The molecule has 22 heavy (non-hydrogen) atoms. The maximum Gasteiger partial charge on any atom is 0.338 e. The van der Waals surface area contributed by atoms with E-state index < -0.39 is 11.9 Å². The Morgan fingerprint density at radius 3 is 2.50 bits per heavy atom. The number of carbonyl (C=O) groups is 2. The zero-order valence-corrected chi connectivity index (χ0v) is 12.8. The van der Waals surface area contributed by atoms with E-state index in [1.165, 1.54) is 6.07 Å². The van der Waals surface area contributed by atoms with Crippen molar-refractivity contribution in [2.75, 3.05) is 6.61 Å². The third-order valence-corrected chi connectivity index (χ3v) is 3.09. The first-order chi connectivity index (χ1) is 10.6. The summed E-state index contributed by atoms with van der Waals surface area (Å²) in [5, 5.41) is 0.610. The lowest BCUT2D eigenvalue weighted by atomic mass is 10.1. The van der Waals surface area contributed by atoms with Gasteiger partial charge in [-0.15, -0.1) is 0 Å². The van der Waals surface area contributed by atoms with Gasteiger partial charge in [0.1, 0.15) is 5.75 Å². The van der Waals surface area contributed by atoms with E-state index in [1.54, 1.807) is 49.4 Å². The predicted octanol–water partition coefficient (Wildman–Crippen LogP) is 3.66. The van der Waals surface area contributed by atoms with E-state index in [0.717, 1.165) is 5.56 Å². The molecule has 0 atom stereocenters. The number of carbonyl (C=O) groups excluding carboxylic acids is 2. The van der Waals surface area contributed by atoms with Crippen molar-refractivity contribution in [2.24, 2.45) is 0 Å². The summed E-state index contributed by atoms with van der Waals surface area (Å²) < 4.78 is 10.1. The zero-order valence-electron chi connectivity index (χ0n) is 12.0. The fourth-order valence-electron chi connectivity index (χ4n) is 1.84. The summed E-state index contributed by atoms with van der Waals surface area (Å²) >= 11 is 5.79. The van der Waals surface area contributed by atoms with Crippen molar-refractivity contribution in [3.05, 3.63) is 64.7 Å². The summed E-state index contributed by atoms with van der Waals surface area (Å²) in [5.41, 5.74) is 1.15. The predicted molar refractivity (Wildman–Crippen MR) is 83.2 cm³/mol. The van der Waals surface area contributed by atoms with Crippen LogP contribution in [0.1, 0.15) is 22.8 Å². The van der Waals surface area contributed by atoms with E-state index in [-0.39, 0.29) is 6.42 Å². The summed E-state index contributed by atoms with van der Waals surface area (Å²) in [6.45, 7) is 2.02. The number of benzene rings is 2. The Morgan fingerprint density at radius 1 is 1.09 bits per heavy atom. The van der Waals surface area contributed by atoms with Gasteiger partial charge in [0, 0.05) is 5.02 Å². The van der Waals surface area contributed by atoms with Crippen molar-refractivity contribution >= 4 is 23.5 Å². The summed E-state index contributed by atoms with van der Waals surface area (Å²) in [6.07, 6.45) is 0.126. The fraction of sp³-hybridized carbons (Fsp3) is 0.176. The van der Waals surface area contributed by atoms with Crippen molar-refractivity contribution in [3.63, 3.8) is 0 Å². The van der Waals surface area contributed by atoms with Gasteiger partial charge in [-0.2, -0.15) is 0 Å². The number of halogens is 1. The molecule has 0 heterocycles. The number of esters is 2. The summed E-state index contributed by atoms with van der Waals surface area (Å²) in [6, 6.07) is 13.3. The van der Waals surface area contributed by atoms with Gasteiger partial charge in [0.2, 0.25) is 0 Å². The minimum Gasteiger partial charge on any atom is -0.462 e. The lowest BCUT2D eigenvalue weighted by molar-refractivity contribution is -0.133. The Bertz CT molecular complexity index is 665. The molecule has 5 heteroatoms. The Morgan fingerprint density at radius 2 is 1.82 bits per heavy atom. The minimum atomic E-state index is -0.446. The van der Waals surface area contributed by atoms with Crippen LogP contribution >= 0.6 is 11.6 Å². The smallest absolute Gasteiger partial charge is 0.338 e. The molecule has 0 aliphatic carbocycles. The number of rotatable bonds is 5. The molecule has 0 saturated heterocycles. The van der Waals surface area contributed by atoms with Crippen LogP contribution in [0.2, 0.25) is 5.02 Å². The number of ether oxygens (including phenoxy) is 2. The van der Waals surface area contributed by atoms with Crippen LogP contribution < -0.4 is 4.74 Å². The van der Waals surface area contributed by atoms with E-state index in [2.05, 4.69) is 0 Å². The maximum atomic E-state index is 11.9. The molecule has 0 unspecified atom stereocenters. The van der Waals surface area contributed by atoms with Gasteiger partial charge in [-0.1, -0.05) is 29.8 Å². The third kappa shape index (κ3) is 4.60. The van der Waals surface area contributed by atoms with E-state index in [4.69, 9.17) is 21.1 Å². The van der Waals surface area contributed by atoms with E-state index >= 15 is 0 Å². The maximum absolute atomic E-state index is 11.9. The standard InChI is InChI=1S/C17H15ClO4/c1-2-21-17(20)13-4-3-5-15(11-13)22-16(19)10-12-6-8-14(18)9-7-12/h3-9,11H,2,10H2,1H3. The van der Waals surface area contributed by atoms with Gasteiger partial charge in [0.15, 0.2) is 0 Å². The topological polar surface area (TPSA) is 52.6 Å². The van der Waals surface area contributed by atoms with E-state index in [9.17, 15) is 9.59 Å². The average Bonchev–Trinajstić information content (AvgIpc) is 2.50. The Labute approximate surface area is 133 Å². The highest BCUT2D eigenvalue weighted by atomic mass is 35.5. The molecule has 2 aromatic carbocycles. The first-order valence-electron chi connectivity index (χ1n) is 6.81. The first kappa shape index (κ1) is 16.0. The highest BCUT2D eigenvalue weighted by molar-refractivity contribution is 6.30. The van der Waals surface area contributed by atoms with Crippen LogP contribution in [-0.4, -0.2) is 18.5 Å². The van der Waals surface area contributed by atoms with Crippen molar-refractivity contribution in [1.29, 1.82) is 0 Å². The molecule has 0 saturated carbocycles. The quantitative estimate of drug-likeness (QED) is 0.623. The normalized spacial score (nSPS) is 10.1. The molecule has 0 aliphatic rings. The second-order valence-corrected chi connectivity index (χ2v) is 4.96. The largest absolute Gasteiger partial charge is 0.462 e. The molecule has 0 fully saturated rings. The third-order valence-electron chi connectivity index (χ3n) is 2.84. The molecule has 0 spiro atoms. The van der Waals surface area contributed by atoms with Crippen LogP contribution in [0.5, 0.6) is 5.75 Å². The molecular weight excluding hydrogens is 304 g/mol. The van der Waals surface area contributed by atoms with Crippen molar-refractivity contribution in [1.82, 2.24) is 0 Å². The molecule has 0 bridgehead atoms. The molecule has 2 aromatic rings. The van der Waals surface area contributed by atoms with Crippen LogP contribution in [0.15, 0.2) is 48.5 Å². The summed E-state index contributed by atoms with van der Waals surface area (Å²) in [5.74, 6) is -0.550. The fourth-order valence-corrected chi connectivity index (χ4v) is 1.96. The van der Waals surface area contributed by atoms with Gasteiger partial charge in [0.05, 0.1) is 18.6 Å². The molecule has 0 aromatic heterocycles. The van der Waals surface area contributed by atoms with Gasteiger partial charge < -0.3 is 9.47 Å². The van der Waals surface area contributed by atoms with Gasteiger partial charge in [-0.05, 0) is 42.8 Å². The monoisotopic (exact) mass is 318 g/mol. The van der Waals surface area contributed by atoms with Crippen molar-refractivity contribution in [3.8, 4) is 5.75 Å². The molecule has 0 radical (unpaired) electrons.